The predicted molar refractivity (Wildman–Crippen MR) is 73.8 cm³/mol. The summed E-state index contributed by atoms with van der Waals surface area (Å²) in [7, 11) is 1.85. The minimum absolute atomic E-state index is 0.0189. The number of halogens is 1. The topological polar surface area (TPSA) is 41.1 Å². The van der Waals surface area contributed by atoms with Gasteiger partial charge in [0.15, 0.2) is 0 Å². The van der Waals surface area contributed by atoms with Crippen molar-refractivity contribution in [1.82, 2.24) is 10.6 Å². The molecule has 0 saturated heterocycles. The Morgan fingerprint density at radius 2 is 2.12 bits per heavy atom. The van der Waals surface area contributed by atoms with Crippen molar-refractivity contribution in [3.8, 4) is 0 Å². The van der Waals surface area contributed by atoms with Crippen molar-refractivity contribution in [2.24, 2.45) is 5.92 Å². The molecule has 0 radical (unpaired) electrons. The van der Waals surface area contributed by atoms with Crippen molar-refractivity contribution >= 4 is 21.8 Å². The average Bonchev–Trinajstić information content (AvgIpc) is 2.29. The van der Waals surface area contributed by atoms with Crippen LogP contribution in [0.15, 0.2) is 28.7 Å². The van der Waals surface area contributed by atoms with Crippen molar-refractivity contribution in [1.29, 1.82) is 0 Å². The summed E-state index contributed by atoms with van der Waals surface area (Å²) in [6, 6.07) is 8.01. The van der Waals surface area contributed by atoms with Crippen LogP contribution in [-0.4, -0.2) is 19.5 Å². The van der Waals surface area contributed by atoms with Crippen LogP contribution < -0.4 is 10.6 Å². The molecule has 0 aliphatic carbocycles. The molecule has 1 rings (SSSR count). The molecule has 0 aromatic heterocycles. The van der Waals surface area contributed by atoms with Crippen LogP contribution in [0.5, 0.6) is 0 Å². The van der Waals surface area contributed by atoms with E-state index in [4.69, 9.17) is 0 Å². The molecule has 4 heteroatoms. The lowest BCUT2D eigenvalue weighted by Crippen LogP contribution is -2.35. The number of carbonyl (C=O) groups is 1. The molecule has 94 valence electrons. The summed E-state index contributed by atoms with van der Waals surface area (Å²) in [6.07, 6.45) is 0. The molecule has 0 aliphatic heterocycles. The zero-order valence-corrected chi connectivity index (χ0v) is 12.0. The molecule has 1 unspecified atom stereocenters. The zero-order valence-electron chi connectivity index (χ0n) is 10.5. The van der Waals surface area contributed by atoms with E-state index >= 15 is 0 Å². The minimum atomic E-state index is -0.0189. The van der Waals surface area contributed by atoms with Gasteiger partial charge in [-0.2, -0.15) is 0 Å². The van der Waals surface area contributed by atoms with Gasteiger partial charge in [-0.1, -0.05) is 35.0 Å². The summed E-state index contributed by atoms with van der Waals surface area (Å²) >= 11 is 3.43. The van der Waals surface area contributed by atoms with Crippen molar-refractivity contribution in [2.45, 2.75) is 19.9 Å². The average molecular weight is 299 g/mol. The Hall–Kier alpha value is -0.870. The SMILES string of the molecule is CNCC(C)C(=O)N[C@H](C)c1cccc(Br)c1. The van der Waals surface area contributed by atoms with Crippen molar-refractivity contribution in [3.63, 3.8) is 0 Å². The van der Waals surface area contributed by atoms with Crippen molar-refractivity contribution in [3.05, 3.63) is 34.3 Å². The van der Waals surface area contributed by atoms with Crippen molar-refractivity contribution < 1.29 is 4.79 Å². The highest BCUT2D eigenvalue weighted by atomic mass is 79.9. The van der Waals surface area contributed by atoms with E-state index in [1.165, 1.54) is 0 Å². The summed E-state index contributed by atoms with van der Waals surface area (Å²) in [4.78, 5) is 11.8. The molecule has 17 heavy (non-hydrogen) atoms. The van der Waals surface area contributed by atoms with Crippen LogP contribution in [0.4, 0.5) is 0 Å². The summed E-state index contributed by atoms with van der Waals surface area (Å²) in [5, 5.41) is 6.01. The predicted octanol–water partition coefficient (Wildman–Crippen LogP) is 2.48. The maximum Gasteiger partial charge on any atom is 0.224 e. The second-order valence-electron chi connectivity index (χ2n) is 4.24. The molecule has 0 aliphatic rings. The molecule has 0 heterocycles. The van der Waals surface area contributed by atoms with Crippen LogP contribution in [0.3, 0.4) is 0 Å². The van der Waals surface area contributed by atoms with Gasteiger partial charge in [-0.3, -0.25) is 4.79 Å². The first kappa shape index (κ1) is 14.2. The van der Waals surface area contributed by atoms with E-state index in [0.717, 1.165) is 10.0 Å². The van der Waals surface area contributed by atoms with Gasteiger partial charge >= 0.3 is 0 Å². The summed E-state index contributed by atoms with van der Waals surface area (Å²) in [5.74, 6) is 0.0569. The molecular weight excluding hydrogens is 280 g/mol. The molecule has 2 atom stereocenters. The first-order valence-electron chi connectivity index (χ1n) is 5.75. The van der Waals surface area contributed by atoms with Crippen LogP contribution in [0.25, 0.3) is 0 Å². The Labute approximate surface area is 111 Å². The highest BCUT2D eigenvalue weighted by Crippen LogP contribution is 2.18. The molecule has 0 saturated carbocycles. The number of hydrogen-bond donors (Lipinski definition) is 2. The number of hydrogen-bond acceptors (Lipinski definition) is 2. The van der Waals surface area contributed by atoms with Gasteiger partial charge in [0.05, 0.1) is 6.04 Å². The smallest absolute Gasteiger partial charge is 0.224 e. The van der Waals surface area contributed by atoms with E-state index in [1.807, 2.05) is 45.2 Å². The zero-order chi connectivity index (χ0) is 12.8. The highest BCUT2D eigenvalue weighted by Gasteiger charge is 2.15. The van der Waals surface area contributed by atoms with E-state index in [1.54, 1.807) is 0 Å². The van der Waals surface area contributed by atoms with Gasteiger partial charge in [-0.05, 0) is 31.7 Å². The van der Waals surface area contributed by atoms with Crippen LogP contribution >= 0.6 is 15.9 Å². The third-order valence-electron chi connectivity index (χ3n) is 2.67. The molecule has 0 fully saturated rings. The Bertz CT molecular complexity index is 381. The first-order valence-corrected chi connectivity index (χ1v) is 6.54. The van der Waals surface area contributed by atoms with Gasteiger partial charge in [-0.25, -0.2) is 0 Å². The largest absolute Gasteiger partial charge is 0.349 e. The summed E-state index contributed by atoms with van der Waals surface area (Å²) < 4.78 is 1.03. The summed E-state index contributed by atoms with van der Waals surface area (Å²) in [6.45, 7) is 4.60. The van der Waals surface area contributed by atoms with E-state index in [-0.39, 0.29) is 17.9 Å². The van der Waals surface area contributed by atoms with E-state index in [9.17, 15) is 4.79 Å². The molecule has 1 aromatic rings. The van der Waals surface area contributed by atoms with Gasteiger partial charge in [0.2, 0.25) is 5.91 Å². The quantitative estimate of drug-likeness (QED) is 0.877. The van der Waals surface area contributed by atoms with Crippen LogP contribution in [0.2, 0.25) is 0 Å². The normalized spacial score (nSPS) is 14.1. The third kappa shape index (κ3) is 4.48. The molecule has 2 N–H and O–H groups in total. The van der Waals surface area contributed by atoms with Crippen molar-refractivity contribution in [2.75, 3.05) is 13.6 Å². The summed E-state index contributed by atoms with van der Waals surface area (Å²) in [5.41, 5.74) is 1.10. The van der Waals surface area contributed by atoms with Crippen LogP contribution in [0, 0.1) is 5.92 Å². The number of rotatable bonds is 5. The lowest BCUT2D eigenvalue weighted by atomic mass is 10.1. The van der Waals surface area contributed by atoms with Gasteiger partial charge in [0, 0.05) is 16.9 Å². The molecule has 1 aromatic carbocycles. The van der Waals surface area contributed by atoms with Crippen LogP contribution in [0.1, 0.15) is 25.5 Å². The molecular formula is C13H19BrN2O. The monoisotopic (exact) mass is 298 g/mol. The number of nitrogens with one attached hydrogen (secondary N) is 2. The highest BCUT2D eigenvalue weighted by molar-refractivity contribution is 9.10. The Kier molecular flexibility index (Phi) is 5.65. The Morgan fingerprint density at radius 3 is 2.71 bits per heavy atom. The van der Waals surface area contributed by atoms with Gasteiger partial charge in [0.1, 0.15) is 0 Å². The lowest BCUT2D eigenvalue weighted by molar-refractivity contribution is -0.125. The second kappa shape index (κ2) is 6.77. The molecule has 1 amide bonds. The standard InChI is InChI=1S/C13H19BrN2O/c1-9(8-15-3)13(17)16-10(2)11-5-4-6-12(14)7-11/h4-7,9-10,15H,8H2,1-3H3,(H,16,17)/t9?,10-/m1/s1. The molecule has 0 spiro atoms. The Morgan fingerprint density at radius 1 is 1.41 bits per heavy atom. The molecule has 3 nitrogen and oxygen atoms in total. The second-order valence-corrected chi connectivity index (χ2v) is 5.16. The van der Waals surface area contributed by atoms with Gasteiger partial charge < -0.3 is 10.6 Å². The number of amides is 1. The van der Waals surface area contributed by atoms with Crippen LogP contribution in [-0.2, 0) is 4.79 Å². The van der Waals surface area contributed by atoms with E-state index in [2.05, 4.69) is 26.6 Å². The fourth-order valence-electron chi connectivity index (χ4n) is 1.61. The number of carbonyl (C=O) groups excluding carboxylic acids is 1. The maximum atomic E-state index is 11.8. The third-order valence-corrected chi connectivity index (χ3v) is 3.16. The van der Waals surface area contributed by atoms with Gasteiger partial charge in [0.25, 0.3) is 0 Å². The fourth-order valence-corrected chi connectivity index (χ4v) is 2.03. The maximum absolute atomic E-state index is 11.8. The van der Waals surface area contributed by atoms with Gasteiger partial charge in [-0.15, -0.1) is 0 Å². The first-order chi connectivity index (χ1) is 8.04. The van der Waals surface area contributed by atoms with E-state index in [0.29, 0.717) is 6.54 Å². The van der Waals surface area contributed by atoms with E-state index < -0.39 is 0 Å². The minimum Gasteiger partial charge on any atom is -0.349 e. The Balaban J connectivity index is 2.60. The lowest BCUT2D eigenvalue weighted by Gasteiger charge is -2.18. The molecule has 0 bridgehead atoms. The number of benzene rings is 1. The fraction of sp³-hybridized carbons (Fsp3) is 0.462.